The van der Waals surface area contributed by atoms with Gasteiger partial charge in [-0.15, -0.1) is 0 Å². The molecule has 1 aliphatic carbocycles. The minimum atomic E-state index is 0.215. The van der Waals surface area contributed by atoms with E-state index in [4.69, 9.17) is 4.74 Å². The zero-order chi connectivity index (χ0) is 10.1. The van der Waals surface area contributed by atoms with E-state index in [1.807, 2.05) is 12.5 Å². The number of hydrogen-bond acceptors (Lipinski definition) is 2. The molecule has 1 aromatic heterocycles. The van der Waals surface area contributed by atoms with E-state index >= 15 is 0 Å². The average molecular weight is 206 g/mol. The first-order chi connectivity index (χ1) is 7.38. The molecule has 1 atom stereocenters. The maximum atomic E-state index is 6.02. The molecule has 2 aliphatic rings. The van der Waals surface area contributed by atoms with Gasteiger partial charge in [0.25, 0.3) is 0 Å². The fraction of sp³-hybridized carbons (Fsp3) is 0.750. The molecule has 3 rings (SSSR count). The molecule has 1 aliphatic heterocycles. The smallest absolute Gasteiger partial charge is 0.0948 e. The van der Waals surface area contributed by atoms with E-state index in [2.05, 4.69) is 15.7 Å². The van der Waals surface area contributed by atoms with Crippen LogP contribution in [0.25, 0.3) is 0 Å². The molecule has 2 heterocycles. The highest BCUT2D eigenvalue weighted by Crippen LogP contribution is 2.43. The molecule has 3 nitrogen and oxygen atoms in total. The van der Waals surface area contributed by atoms with Gasteiger partial charge in [0.1, 0.15) is 0 Å². The highest BCUT2D eigenvalue weighted by Gasteiger charge is 2.40. The van der Waals surface area contributed by atoms with E-state index in [0.29, 0.717) is 6.04 Å². The van der Waals surface area contributed by atoms with Crippen LogP contribution in [0.5, 0.6) is 0 Å². The topological polar surface area (TPSA) is 27.1 Å². The summed E-state index contributed by atoms with van der Waals surface area (Å²) in [6.45, 7) is 0.919. The Morgan fingerprint density at radius 2 is 2.20 bits per heavy atom. The molecule has 3 heteroatoms. The lowest BCUT2D eigenvalue weighted by Crippen LogP contribution is -2.37. The van der Waals surface area contributed by atoms with Crippen molar-refractivity contribution >= 4 is 0 Å². The maximum Gasteiger partial charge on any atom is 0.0948 e. The van der Waals surface area contributed by atoms with Crippen LogP contribution in [0.1, 0.15) is 44.6 Å². The van der Waals surface area contributed by atoms with Crippen LogP contribution in [-0.2, 0) is 4.74 Å². The summed E-state index contributed by atoms with van der Waals surface area (Å²) in [4.78, 5) is 4.13. The Kier molecular flexibility index (Phi) is 2.28. The van der Waals surface area contributed by atoms with Gasteiger partial charge >= 0.3 is 0 Å². The molecule has 2 fully saturated rings. The maximum absolute atomic E-state index is 6.02. The van der Waals surface area contributed by atoms with Crippen molar-refractivity contribution in [3.05, 3.63) is 18.7 Å². The van der Waals surface area contributed by atoms with Gasteiger partial charge < -0.3 is 9.30 Å². The number of nitrogens with zero attached hydrogens (tertiary/aromatic N) is 2. The highest BCUT2D eigenvalue weighted by atomic mass is 16.5. The number of hydrogen-bond donors (Lipinski definition) is 0. The van der Waals surface area contributed by atoms with Gasteiger partial charge in [-0.25, -0.2) is 4.98 Å². The van der Waals surface area contributed by atoms with Crippen molar-refractivity contribution in [3.63, 3.8) is 0 Å². The second-order valence-corrected chi connectivity index (χ2v) is 4.90. The fourth-order valence-electron chi connectivity index (χ4n) is 3.11. The number of ether oxygens (including phenoxy) is 1. The molecule has 82 valence electrons. The largest absolute Gasteiger partial charge is 0.375 e. The molecule has 0 aromatic carbocycles. The van der Waals surface area contributed by atoms with Gasteiger partial charge in [-0.2, -0.15) is 0 Å². The third-order valence-corrected chi connectivity index (χ3v) is 3.93. The van der Waals surface area contributed by atoms with Crippen molar-refractivity contribution < 1.29 is 4.74 Å². The molecule has 0 bridgehead atoms. The van der Waals surface area contributed by atoms with E-state index in [-0.39, 0.29) is 5.60 Å². The monoisotopic (exact) mass is 206 g/mol. The predicted octanol–water partition coefficient (Wildman–Crippen LogP) is 2.55. The molecule has 0 radical (unpaired) electrons. The van der Waals surface area contributed by atoms with Crippen molar-refractivity contribution in [3.8, 4) is 0 Å². The molecular formula is C12H18N2O. The van der Waals surface area contributed by atoms with Crippen molar-refractivity contribution in [1.29, 1.82) is 0 Å². The van der Waals surface area contributed by atoms with Crippen LogP contribution in [0.4, 0.5) is 0 Å². The van der Waals surface area contributed by atoms with Crippen LogP contribution in [-0.4, -0.2) is 21.8 Å². The minimum absolute atomic E-state index is 0.215. The summed E-state index contributed by atoms with van der Waals surface area (Å²) in [5, 5.41) is 0. The van der Waals surface area contributed by atoms with Crippen LogP contribution in [0.15, 0.2) is 18.7 Å². The summed E-state index contributed by atoms with van der Waals surface area (Å²) in [6.07, 6.45) is 13.4. The zero-order valence-electron chi connectivity index (χ0n) is 9.06. The van der Waals surface area contributed by atoms with Crippen LogP contribution < -0.4 is 0 Å². The SMILES string of the molecule is c1cn(C2CCOC3(CCCC3)C2)cn1. The lowest BCUT2D eigenvalue weighted by atomic mass is 9.89. The Bertz CT molecular complexity index is 314. The van der Waals surface area contributed by atoms with Gasteiger partial charge in [-0.3, -0.25) is 0 Å². The second-order valence-electron chi connectivity index (χ2n) is 4.90. The number of rotatable bonds is 1. The van der Waals surface area contributed by atoms with Gasteiger partial charge in [0.2, 0.25) is 0 Å². The first-order valence-corrected chi connectivity index (χ1v) is 5.99. The summed E-state index contributed by atoms with van der Waals surface area (Å²) in [6, 6.07) is 0.611. The molecule has 15 heavy (non-hydrogen) atoms. The first-order valence-electron chi connectivity index (χ1n) is 5.99. The van der Waals surface area contributed by atoms with Crippen molar-refractivity contribution in [2.45, 2.75) is 50.2 Å². The summed E-state index contributed by atoms with van der Waals surface area (Å²) in [7, 11) is 0. The van der Waals surface area contributed by atoms with Gasteiger partial charge in [0.15, 0.2) is 0 Å². The van der Waals surface area contributed by atoms with Crippen molar-refractivity contribution in [1.82, 2.24) is 9.55 Å². The standard InChI is InChI=1S/C12H18N2O/c1-2-5-12(4-1)9-11(3-8-15-12)14-7-6-13-10-14/h6-7,10-11H,1-5,8-9H2. The molecule has 0 amide bonds. The number of imidazole rings is 1. The Morgan fingerprint density at radius 1 is 1.33 bits per heavy atom. The van der Waals surface area contributed by atoms with E-state index in [0.717, 1.165) is 13.0 Å². The number of aromatic nitrogens is 2. The molecule has 1 spiro atoms. The zero-order valence-corrected chi connectivity index (χ0v) is 9.06. The quantitative estimate of drug-likeness (QED) is 0.706. The second kappa shape index (κ2) is 3.63. The summed E-state index contributed by atoms with van der Waals surface area (Å²) in [5.41, 5.74) is 0.215. The van der Waals surface area contributed by atoms with E-state index < -0.39 is 0 Å². The molecule has 0 N–H and O–H groups in total. The van der Waals surface area contributed by atoms with E-state index in [1.165, 1.54) is 32.1 Å². The predicted molar refractivity (Wildman–Crippen MR) is 57.6 cm³/mol. The molecule has 1 saturated heterocycles. The molecular weight excluding hydrogens is 188 g/mol. The van der Waals surface area contributed by atoms with Gasteiger partial charge in [-0.05, 0) is 25.7 Å². The Balaban J connectivity index is 1.76. The third kappa shape index (κ3) is 1.69. The Morgan fingerprint density at radius 3 is 2.93 bits per heavy atom. The average Bonchev–Trinajstić information content (AvgIpc) is 2.89. The normalized spacial score (nSPS) is 29.7. The Hall–Kier alpha value is -0.830. The van der Waals surface area contributed by atoms with Crippen molar-refractivity contribution in [2.75, 3.05) is 6.61 Å². The summed E-state index contributed by atoms with van der Waals surface area (Å²) in [5.74, 6) is 0. The molecule has 1 aromatic rings. The lowest BCUT2D eigenvalue weighted by Gasteiger charge is -2.38. The summed E-state index contributed by atoms with van der Waals surface area (Å²) >= 11 is 0. The highest BCUT2D eigenvalue weighted by molar-refractivity contribution is 4.94. The molecule has 1 unspecified atom stereocenters. The van der Waals surface area contributed by atoms with Crippen molar-refractivity contribution in [2.24, 2.45) is 0 Å². The van der Waals surface area contributed by atoms with Gasteiger partial charge in [0.05, 0.1) is 11.9 Å². The van der Waals surface area contributed by atoms with Gasteiger partial charge in [0, 0.05) is 25.0 Å². The minimum Gasteiger partial charge on any atom is -0.375 e. The van der Waals surface area contributed by atoms with E-state index in [1.54, 1.807) is 0 Å². The van der Waals surface area contributed by atoms with Crippen LogP contribution in [0, 0.1) is 0 Å². The molecule has 1 saturated carbocycles. The van der Waals surface area contributed by atoms with Crippen LogP contribution in [0.2, 0.25) is 0 Å². The van der Waals surface area contributed by atoms with Crippen LogP contribution in [0.3, 0.4) is 0 Å². The first kappa shape index (κ1) is 9.40. The third-order valence-electron chi connectivity index (χ3n) is 3.93. The lowest BCUT2D eigenvalue weighted by molar-refractivity contribution is -0.0894. The summed E-state index contributed by atoms with van der Waals surface area (Å²) < 4.78 is 8.27. The Labute approximate surface area is 90.5 Å². The fourth-order valence-corrected chi connectivity index (χ4v) is 3.11. The van der Waals surface area contributed by atoms with E-state index in [9.17, 15) is 0 Å². The van der Waals surface area contributed by atoms with Crippen LogP contribution >= 0.6 is 0 Å². The van der Waals surface area contributed by atoms with Gasteiger partial charge in [-0.1, -0.05) is 12.8 Å².